The molecule has 3 rings (SSSR count). The Morgan fingerprint density at radius 3 is 2.51 bits per heavy atom. The maximum Gasteiger partial charge on any atom is 0.298 e. The quantitative estimate of drug-likeness (QED) is 0.136. The topological polar surface area (TPSA) is 109 Å². The summed E-state index contributed by atoms with van der Waals surface area (Å²) in [6, 6.07) is 10.0. The van der Waals surface area contributed by atoms with Crippen LogP contribution in [0.1, 0.15) is 30.7 Å². The molecule has 0 radical (unpaired) electrons. The molecule has 0 fully saturated rings. The van der Waals surface area contributed by atoms with Crippen LogP contribution in [0.3, 0.4) is 0 Å². The van der Waals surface area contributed by atoms with E-state index in [0.717, 1.165) is 17.4 Å². The Bertz CT molecular complexity index is 1460. The van der Waals surface area contributed by atoms with Crippen molar-refractivity contribution < 1.29 is 27.4 Å². The van der Waals surface area contributed by atoms with Gasteiger partial charge >= 0.3 is 0 Å². The largest absolute Gasteiger partial charge is 0.502 e. The Hall–Kier alpha value is -3.39. The Balaban J connectivity index is 1.93. The molecule has 0 spiro atoms. The number of halogens is 2. The van der Waals surface area contributed by atoms with Gasteiger partial charge in [0.05, 0.1) is 29.8 Å². The van der Waals surface area contributed by atoms with E-state index in [1.54, 1.807) is 30.3 Å². The average molecular weight is 564 g/mol. The van der Waals surface area contributed by atoms with E-state index in [2.05, 4.69) is 14.8 Å². The second-order valence-corrected chi connectivity index (χ2v) is 11.0. The first-order valence-electron chi connectivity index (χ1n) is 10.8. The summed E-state index contributed by atoms with van der Waals surface area (Å²) in [6.45, 7) is 11.8. The molecule has 0 aliphatic heterocycles. The van der Waals surface area contributed by atoms with Crippen molar-refractivity contribution in [2.45, 2.75) is 31.0 Å². The molecule has 1 heterocycles. The SMILES string of the molecule is [C-]#[N+]c1cc(C(C)(C)c2ccc(OCc3ccnc(S(C)(=O)=O)n3)c(OC=O)c2)cc(Cl)c1OCCCl. The predicted molar refractivity (Wildman–Crippen MR) is 139 cm³/mol. The molecule has 1 aromatic heterocycles. The first kappa shape index (κ1) is 28.2. The Morgan fingerprint density at radius 2 is 1.86 bits per heavy atom. The first-order valence-corrected chi connectivity index (χ1v) is 13.6. The van der Waals surface area contributed by atoms with Crippen molar-refractivity contribution in [2.24, 2.45) is 0 Å². The van der Waals surface area contributed by atoms with E-state index in [1.165, 1.54) is 12.3 Å². The second kappa shape index (κ2) is 11.8. The molecule has 0 unspecified atom stereocenters. The van der Waals surface area contributed by atoms with Crippen LogP contribution in [0.2, 0.25) is 5.02 Å². The Labute approximate surface area is 225 Å². The van der Waals surface area contributed by atoms with Crippen molar-refractivity contribution in [3.8, 4) is 17.2 Å². The van der Waals surface area contributed by atoms with Gasteiger partial charge in [-0.25, -0.2) is 23.2 Å². The summed E-state index contributed by atoms with van der Waals surface area (Å²) in [6.07, 6.45) is 2.34. The number of rotatable bonds is 11. The summed E-state index contributed by atoms with van der Waals surface area (Å²) in [5, 5.41) is -0.0316. The maximum atomic E-state index is 11.7. The van der Waals surface area contributed by atoms with Gasteiger partial charge in [-0.15, -0.1) is 11.6 Å². The number of sulfone groups is 1. The van der Waals surface area contributed by atoms with Crippen molar-refractivity contribution in [2.75, 3.05) is 18.7 Å². The molecule has 12 heteroatoms. The van der Waals surface area contributed by atoms with Gasteiger partial charge in [0.1, 0.15) is 12.4 Å². The molecule has 0 saturated heterocycles. The molecule has 9 nitrogen and oxygen atoms in total. The third-order valence-corrected chi connectivity index (χ3v) is 6.72. The molecule has 3 aromatic rings. The number of ether oxygens (including phenoxy) is 3. The molecular weight excluding hydrogens is 541 g/mol. The molecule has 0 saturated carbocycles. The van der Waals surface area contributed by atoms with Gasteiger partial charge in [-0.3, -0.25) is 4.79 Å². The number of aromatic nitrogens is 2. The van der Waals surface area contributed by atoms with Crippen molar-refractivity contribution in [1.82, 2.24) is 9.97 Å². The van der Waals surface area contributed by atoms with E-state index in [1.807, 2.05) is 13.8 Å². The number of hydrogen-bond acceptors (Lipinski definition) is 8. The number of alkyl halides is 1. The average Bonchev–Trinajstić information content (AvgIpc) is 2.86. The summed E-state index contributed by atoms with van der Waals surface area (Å²) in [5.41, 5.74) is 1.41. The van der Waals surface area contributed by atoms with Crippen LogP contribution in [-0.4, -0.2) is 43.6 Å². The minimum atomic E-state index is -3.58. The molecule has 0 atom stereocenters. The Morgan fingerprint density at radius 1 is 1.11 bits per heavy atom. The highest BCUT2D eigenvalue weighted by Crippen LogP contribution is 2.43. The van der Waals surface area contributed by atoms with Crippen molar-refractivity contribution in [3.63, 3.8) is 0 Å². The highest BCUT2D eigenvalue weighted by Gasteiger charge is 2.27. The fraction of sp³-hybridized carbons (Fsp3) is 0.280. The van der Waals surface area contributed by atoms with Crippen molar-refractivity contribution in [3.05, 3.63) is 75.9 Å². The van der Waals surface area contributed by atoms with Crippen molar-refractivity contribution in [1.29, 1.82) is 0 Å². The molecule has 0 aliphatic rings. The van der Waals surface area contributed by atoms with Crippen LogP contribution in [-0.2, 0) is 26.7 Å². The van der Waals surface area contributed by atoms with E-state index < -0.39 is 15.3 Å². The van der Waals surface area contributed by atoms with E-state index in [4.69, 9.17) is 44.0 Å². The molecule has 194 valence electrons. The third-order valence-electron chi connectivity index (χ3n) is 5.43. The molecule has 0 N–H and O–H groups in total. The van der Waals surface area contributed by atoms with Crippen LogP contribution in [0.25, 0.3) is 4.85 Å². The van der Waals surface area contributed by atoms with E-state index in [-0.39, 0.29) is 58.7 Å². The molecular formula is C25H23Cl2N3O6S. The summed E-state index contributed by atoms with van der Waals surface area (Å²) in [7, 11) is -3.58. The number of carbonyl (C=O) groups excluding carboxylic acids is 1. The second-order valence-electron chi connectivity index (χ2n) is 8.35. The van der Waals surface area contributed by atoms with Crippen LogP contribution in [0, 0.1) is 6.57 Å². The van der Waals surface area contributed by atoms with Gasteiger partial charge < -0.3 is 14.2 Å². The summed E-state index contributed by atoms with van der Waals surface area (Å²) < 4.78 is 39.9. The first-order chi connectivity index (χ1) is 17.5. The normalized spacial score (nSPS) is 11.5. The fourth-order valence-electron chi connectivity index (χ4n) is 3.42. The zero-order valence-corrected chi connectivity index (χ0v) is 22.5. The van der Waals surface area contributed by atoms with Gasteiger partial charge in [-0.1, -0.05) is 31.5 Å². The number of carbonyl (C=O) groups is 1. The Kier molecular flexibility index (Phi) is 8.97. The summed E-state index contributed by atoms with van der Waals surface area (Å²) in [4.78, 5) is 22.5. The lowest BCUT2D eigenvalue weighted by Gasteiger charge is -2.28. The summed E-state index contributed by atoms with van der Waals surface area (Å²) >= 11 is 12.1. The van der Waals surface area contributed by atoms with Crippen LogP contribution >= 0.6 is 23.2 Å². The molecule has 0 bridgehead atoms. The highest BCUT2D eigenvalue weighted by molar-refractivity contribution is 7.90. The van der Waals surface area contributed by atoms with Gasteiger partial charge in [-0.2, -0.15) is 0 Å². The molecule has 0 aliphatic carbocycles. The van der Waals surface area contributed by atoms with Gasteiger partial charge in [0.25, 0.3) is 6.47 Å². The molecule has 37 heavy (non-hydrogen) atoms. The lowest BCUT2D eigenvalue weighted by molar-refractivity contribution is -0.120. The van der Waals surface area contributed by atoms with Crippen LogP contribution < -0.4 is 14.2 Å². The standard InChI is InChI=1S/C25H23Cl2N3O6S/c1-25(2,17-11-19(27)23(34-10-8-26)20(12-17)28-3)16-5-6-21(22(13-16)36-15-31)35-14-18-7-9-29-24(30-18)37(4,32)33/h5-7,9,11-13,15H,8,10,14H2,1-2,4H3. The van der Waals surface area contributed by atoms with Crippen LogP contribution in [0.4, 0.5) is 5.69 Å². The van der Waals surface area contributed by atoms with Gasteiger partial charge in [-0.05, 0) is 41.5 Å². The number of benzene rings is 2. The van der Waals surface area contributed by atoms with Crippen LogP contribution in [0.15, 0.2) is 47.8 Å². The lowest BCUT2D eigenvalue weighted by atomic mass is 9.78. The van der Waals surface area contributed by atoms with Gasteiger partial charge in [0.2, 0.25) is 20.7 Å². The lowest BCUT2D eigenvalue weighted by Crippen LogP contribution is -2.19. The van der Waals surface area contributed by atoms with Gasteiger partial charge in [0, 0.05) is 17.9 Å². The molecule has 2 aromatic carbocycles. The maximum absolute atomic E-state index is 11.7. The predicted octanol–water partition coefficient (Wildman–Crippen LogP) is 5.14. The number of hydrogen-bond donors (Lipinski definition) is 0. The van der Waals surface area contributed by atoms with Gasteiger partial charge in [0.15, 0.2) is 11.5 Å². The monoisotopic (exact) mass is 563 g/mol. The smallest absolute Gasteiger partial charge is 0.298 e. The van der Waals surface area contributed by atoms with E-state index in [9.17, 15) is 13.2 Å². The number of nitrogens with zero attached hydrogens (tertiary/aromatic N) is 3. The minimum Gasteiger partial charge on any atom is -0.502 e. The molecule has 0 amide bonds. The third kappa shape index (κ3) is 6.68. The van der Waals surface area contributed by atoms with E-state index in [0.29, 0.717) is 5.69 Å². The fourth-order valence-corrected chi connectivity index (χ4v) is 4.30. The minimum absolute atomic E-state index is 0.0866. The highest BCUT2D eigenvalue weighted by atomic mass is 35.5. The zero-order chi connectivity index (χ0) is 27.2. The van der Waals surface area contributed by atoms with E-state index >= 15 is 0 Å². The van der Waals surface area contributed by atoms with Crippen molar-refractivity contribution >= 4 is 45.2 Å². The summed E-state index contributed by atoms with van der Waals surface area (Å²) in [5.74, 6) is 0.923. The zero-order valence-electron chi connectivity index (χ0n) is 20.2. The van der Waals surface area contributed by atoms with Crippen LogP contribution in [0.5, 0.6) is 17.2 Å².